The van der Waals surface area contributed by atoms with Gasteiger partial charge in [-0.25, -0.2) is 14.6 Å². The molecule has 0 saturated carbocycles. The highest BCUT2D eigenvalue weighted by molar-refractivity contribution is 5.97. The number of nitrogens with two attached hydrogens (primary N) is 1. The lowest BCUT2D eigenvalue weighted by Crippen LogP contribution is -2.38. The molecule has 0 bridgehead atoms. The number of rotatable bonds is 6. The third-order valence-corrected chi connectivity index (χ3v) is 5.31. The molecule has 8 heteroatoms. The quantitative estimate of drug-likeness (QED) is 0.710. The molecule has 0 aliphatic carbocycles. The second kappa shape index (κ2) is 7.66. The lowest BCUT2D eigenvalue weighted by molar-refractivity contribution is 0.157. The molecular weight excluding hydrogens is 342 g/mol. The van der Waals surface area contributed by atoms with Crippen LogP contribution < -0.4 is 5.73 Å². The molecule has 0 amide bonds. The molecule has 27 heavy (non-hydrogen) atoms. The molecule has 0 spiro atoms. The van der Waals surface area contributed by atoms with Crippen molar-refractivity contribution in [3.63, 3.8) is 0 Å². The van der Waals surface area contributed by atoms with Crippen LogP contribution in [0.5, 0.6) is 0 Å². The van der Waals surface area contributed by atoms with E-state index >= 15 is 0 Å². The maximum atomic E-state index is 6.12. The number of likely N-dealkylation sites (tertiary alicyclic amines) is 1. The second-order valence-corrected chi connectivity index (χ2v) is 7.59. The summed E-state index contributed by atoms with van der Waals surface area (Å²) in [6.45, 7) is 5.21. The first-order valence-corrected chi connectivity index (χ1v) is 9.48. The largest absolute Gasteiger partial charge is 0.472 e. The van der Waals surface area contributed by atoms with Crippen LogP contribution in [-0.4, -0.2) is 69.8 Å². The molecule has 0 atom stereocenters. The van der Waals surface area contributed by atoms with Crippen LogP contribution in [0.15, 0.2) is 29.3 Å². The molecule has 1 fully saturated rings. The Bertz CT molecular complexity index is 879. The van der Waals surface area contributed by atoms with E-state index in [1.165, 1.54) is 25.7 Å². The van der Waals surface area contributed by atoms with E-state index in [1.807, 2.05) is 10.7 Å². The molecule has 4 rings (SSSR count). The van der Waals surface area contributed by atoms with Crippen LogP contribution in [0.4, 0.5) is 5.82 Å². The van der Waals surface area contributed by atoms with Crippen LogP contribution in [0.3, 0.4) is 0 Å². The van der Waals surface area contributed by atoms with Gasteiger partial charge >= 0.3 is 0 Å². The summed E-state index contributed by atoms with van der Waals surface area (Å²) in [5, 5.41) is 5.57. The number of nitrogens with zero attached hydrogens (tertiary/aromatic N) is 6. The number of piperidine rings is 1. The smallest absolute Gasteiger partial charge is 0.164 e. The van der Waals surface area contributed by atoms with Gasteiger partial charge in [0.25, 0.3) is 0 Å². The van der Waals surface area contributed by atoms with Gasteiger partial charge in [-0.15, -0.1) is 0 Å². The van der Waals surface area contributed by atoms with Crippen LogP contribution >= 0.6 is 0 Å². The van der Waals surface area contributed by atoms with E-state index in [1.54, 1.807) is 12.5 Å². The molecule has 1 saturated heterocycles. The minimum Gasteiger partial charge on any atom is -0.472 e. The Morgan fingerprint density at radius 3 is 2.74 bits per heavy atom. The van der Waals surface area contributed by atoms with Gasteiger partial charge in [-0.1, -0.05) is 0 Å². The minimum absolute atomic E-state index is 0.451. The fourth-order valence-electron chi connectivity index (χ4n) is 3.93. The van der Waals surface area contributed by atoms with Gasteiger partial charge in [0.2, 0.25) is 0 Å². The number of hydrogen-bond donors (Lipinski definition) is 1. The third-order valence-electron chi connectivity index (χ3n) is 5.31. The normalized spacial score (nSPS) is 16.6. The van der Waals surface area contributed by atoms with Crippen LogP contribution in [-0.2, 0) is 6.54 Å². The second-order valence-electron chi connectivity index (χ2n) is 7.59. The topological polar surface area (TPSA) is 89.2 Å². The van der Waals surface area contributed by atoms with Crippen molar-refractivity contribution in [2.75, 3.05) is 46.0 Å². The highest BCUT2D eigenvalue weighted by atomic mass is 16.3. The number of hydrogen-bond acceptors (Lipinski definition) is 7. The maximum absolute atomic E-state index is 6.12. The summed E-state index contributed by atoms with van der Waals surface area (Å²) in [5.41, 5.74) is 8.57. The van der Waals surface area contributed by atoms with Crippen molar-refractivity contribution in [1.82, 2.24) is 29.5 Å². The van der Waals surface area contributed by atoms with Crippen LogP contribution in [0, 0.1) is 5.92 Å². The average Bonchev–Trinajstić information content (AvgIpc) is 3.29. The van der Waals surface area contributed by atoms with E-state index in [0.29, 0.717) is 5.82 Å². The zero-order chi connectivity index (χ0) is 18.8. The Kier molecular flexibility index (Phi) is 5.09. The summed E-state index contributed by atoms with van der Waals surface area (Å²) in [7, 11) is 4.31. The molecule has 3 aromatic rings. The van der Waals surface area contributed by atoms with Gasteiger partial charge in [0.05, 0.1) is 24.5 Å². The van der Waals surface area contributed by atoms with Gasteiger partial charge in [0, 0.05) is 18.7 Å². The van der Waals surface area contributed by atoms with Crippen LogP contribution in [0.2, 0.25) is 0 Å². The highest BCUT2D eigenvalue weighted by Gasteiger charge is 2.21. The van der Waals surface area contributed by atoms with Crippen molar-refractivity contribution in [1.29, 1.82) is 0 Å². The maximum Gasteiger partial charge on any atom is 0.164 e. The van der Waals surface area contributed by atoms with Gasteiger partial charge in [-0.05, 0) is 52.0 Å². The molecule has 4 heterocycles. The van der Waals surface area contributed by atoms with Crippen LogP contribution in [0.25, 0.3) is 22.3 Å². The SMILES string of the molecule is CN(C)CC1CCN(CCn2nc(-c3ccoc3)c3c(N)ncnc32)CC1. The van der Waals surface area contributed by atoms with Crippen molar-refractivity contribution in [3.8, 4) is 11.3 Å². The first-order valence-electron chi connectivity index (χ1n) is 9.48. The van der Waals surface area contributed by atoms with Gasteiger partial charge in [0.1, 0.15) is 17.8 Å². The summed E-state index contributed by atoms with van der Waals surface area (Å²) in [4.78, 5) is 13.4. The van der Waals surface area contributed by atoms with E-state index in [2.05, 4.69) is 33.9 Å². The van der Waals surface area contributed by atoms with E-state index in [9.17, 15) is 0 Å². The predicted octanol–water partition coefficient (Wildman–Crippen LogP) is 1.94. The van der Waals surface area contributed by atoms with Crippen molar-refractivity contribution in [2.24, 2.45) is 5.92 Å². The fourth-order valence-corrected chi connectivity index (χ4v) is 3.93. The molecule has 2 N–H and O–H groups in total. The first kappa shape index (κ1) is 17.9. The highest BCUT2D eigenvalue weighted by Crippen LogP contribution is 2.30. The van der Waals surface area contributed by atoms with Crippen molar-refractivity contribution < 1.29 is 4.42 Å². The van der Waals surface area contributed by atoms with Crippen molar-refractivity contribution >= 4 is 16.9 Å². The van der Waals surface area contributed by atoms with E-state index in [4.69, 9.17) is 15.2 Å². The lowest BCUT2D eigenvalue weighted by Gasteiger charge is -2.33. The third kappa shape index (κ3) is 3.81. The number of fused-ring (bicyclic) bond motifs is 1. The summed E-state index contributed by atoms with van der Waals surface area (Å²) >= 11 is 0. The molecule has 0 unspecified atom stereocenters. The standard InChI is InChI=1S/C19H27N7O/c1-24(2)11-14-3-6-25(7-4-14)8-9-26-19-16(18(20)21-13-22-19)17(23-26)15-5-10-27-12-15/h5,10,12-14H,3-4,6-9,11H2,1-2H3,(H2,20,21,22). The summed E-state index contributed by atoms with van der Waals surface area (Å²) in [5.74, 6) is 1.26. The molecular formula is C19H27N7O. The molecule has 1 aliphatic heterocycles. The first-order chi connectivity index (χ1) is 13.1. The molecule has 1 aliphatic rings. The molecule has 0 aromatic carbocycles. The Balaban J connectivity index is 1.48. The number of furan rings is 1. The van der Waals surface area contributed by atoms with E-state index < -0.39 is 0 Å². The Morgan fingerprint density at radius 1 is 1.22 bits per heavy atom. The monoisotopic (exact) mass is 369 g/mol. The number of nitrogen functional groups attached to an aromatic ring is 1. The Hall–Kier alpha value is -2.45. The molecule has 144 valence electrons. The van der Waals surface area contributed by atoms with Crippen molar-refractivity contribution in [2.45, 2.75) is 19.4 Å². The number of anilines is 1. The average molecular weight is 369 g/mol. The fraction of sp³-hybridized carbons (Fsp3) is 0.526. The summed E-state index contributed by atoms with van der Waals surface area (Å²) in [6, 6.07) is 1.88. The van der Waals surface area contributed by atoms with Gasteiger partial charge in [-0.3, -0.25) is 0 Å². The minimum atomic E-state index is 0.451. The van der Waals surface area contributed by atoms with Crippen molar-refractivity contribution in [3.05, 3.63) is 24.9 Å². The van der Waals surface area contributed by atoms with E-state index in [-0.39, 0.29) is 0 Å². The zero-order valence-electron chi connectivity index (χ0n) is 16.0. The van der Waals surface area contributed by atoms with E-state index in [0.717, 1.165) is 54.4 Å². The molecule has 0 radical (unpaired) electrons. The zero-order valence-corrected chi connectivity index (χ0v) is 16.0. The number of aromatic nitrogens is 4. The molecule has 8 nitrogen and oxygen atoms in total. The Morgan fingerprint density at radius 2 is 2.04 bits per heavy atom. The lowest BCUT2D eigenvalue weighted by atomic mass is 9.96. The predicted molar refractivity (Wildman–Crippen MR) is 105 cm³/mol. The summed E-state index contributed by atoms with van der Waals surface area (Å²) < 4.78 is 7.16. The van der Waals surface area contributed by atoms with Gasteiger partial charge in [-0.2, -0.15) is 5.10 Å². The van der Waals surface area contributed by atoms with Crippen LogP contribution in [0.1, 0.15) is 12.8 Å². The summed E-state index contributed by atoms with van der Waals surface area (Å²) in [6.07, 6.45) is 7.33. The van der Waals surface area contributed by atoms with Gasteiger partial charge < -0.3 is 20.0 Å². The van der Waals surface area contributed by atoms with Gasteiger partial charge in [0.15, 0.2) is 5.65 Å². The Labute approximate surface area is 159 Å². The molecule has 3 aromatic heterocycles.